The van der Waals surface area contributed by atoms with Crippen LogP contribution in [0.2, 0.25) is 0 Å². The lowest BCUT2D eigenvalue weighted by atomic mass is 10.7. The van der Waals surface area contributed by atoms with Crippen molar-refractivity contribution in [2.24, 2.45) is 5.18 Å². The lowest BCUT2D eigenvalue weighted by Gasteiger charge is -1.87. The third-order valence-electron chi connectivity index (χ3n) is 0.379. The zero-order valence-corrected chi connectivity index (χ0v) is 3.94. The molecule has 0 bridgehead atoms. The molecule has 46 valence electrons. The zero-order valence-electron chi connectivity index (χ0n) is 3.94. The molecule has 0 aromatic carbocycles. The fraction of sp³-hybridized carbons (Fsp3) is 1.00. The molecule has 0 heterocycles. The molecule has 0 aliphatic carbocycles. The molecule has 0 aromatic heterocycles. The van der Waals surface area contributed by atoms with Gasteiger partial charge in [-0.1, -0.05) is 5.18 Å². The lowest BCUT2D eigenvalue weighted by molar-refractivity contribution is -0.757. The molecule has 6 heteroatoms. The van der Waals surface area contributed by atoms with Crippen LogP contribution in [0.25, 0.3) is 0 Å². The van der Waals surface area contributed by atoms with Gasteiger partial charge in [0, 0.05) is 0 Å². The van der Waals surface area contributed by atoms with Gasteiger partial charge in [0.1, 0.15) is 13.2 Å². The molecule has 0 rings (SSSR count). The van der Waals surface area contributed by atoms with Crippen molar-refractivity contribution in [1.82, 2.24) is 0 Å². The molecule has 6 nitrogen and oxygen atoms in total. The van der Waals surface area contributed by atoms with Crippen LogP contribution in [-0.4, -0.2) is 18.2 Å². The van der Waals surface area contributed by atoms with E-state index in [9.17, 15) is 15.0 Å². The molecule has 0 spiro atoms. The van der Waals surface area contributed by atoms with E-state index in [2.05, 4.69) is 10.0 Å². The number of rotatable bonds is 4. The SMILES string of the molecule is O=NCCO[N+](=O)[O-]. The van der Waals surface area contributed by atoms with Gasteiger partial charge in [-0.05, 0) is 0 Å². The van der Waals surface area contributed by atoms with E-state index < -0.39 is 5.09 Å². The molecule has 0 radical (unpaired) electrons. The van der Waals surface area contributed by atoms with E-state index >= 15 is 0 Å². The van der Waals surface area contributed by atoms with Crippen LogP contribution in [0.5, 0.6) is 0 Å². The smallest absolute Gasteiger partial charge is 0.294 e. The van der Waals surface area contributed by atoms with Gasteiger partial charge >= 0.3 is 0 Å². The second-order valence-corrected chi connectivity index (χ2v) is 0.910. The molecule has 0 unspecified atom stereocenters. The Morgan fingerprint density at radius 2 is 2.38 bits per heavy atom. The Balaban J connectivity index is 2.93. The van der Waals surface area contributed by atoms with Crippen molar-refractivity contribution in [3.05, 3.63) is 15.0 Å². The minimum Gasteiger partial charge on any atom is -0.312 e. The Hall–Kier alpha value is -1.20. The second-order valence-electron chi connectivity index (χ2n) is 0.910. The van der Waals surface area contributed by atoms with Gasteiger partial charge in [0.15, 0.2) is 0 Å². The normalized spacial score (nSPS) is 8.00. The standard InChI is InChI=1S/C2H4N2O4/c5-3-1-2-8-4(6)7/h1-2H2. The Morgan fingerprint density at radius 3 is 2.75 bits per heavy atom. The highest BCUT2D eigenvalue weighted by Crippen LogP contribution is 1.73. The average Bonchev–Trinajstić information content (AvgIpc) is 1.66. The molecule has 0 atom stereocenters. The predicted molar refractivity (Wildman–Crippen MR) is 23.6 cm³/mol. The minimum atomic E-state index is -0.967. The first-order valence-electron chi connectivity index (χ1n) is 1.84. The van der Waals surface area contributed by atoms with Crippen molar-refractivity contribution < 1.29 is 9.92 Å². The third-order valence-corrected chi connectivity index (χ3v) is 0.379. The Kier molecular flexibility index (Phi) is 3.38. The molecule has 0 aliphatic rings. The van der Waals surface area contributed by atoms with Crippen molar-refractivity contribution in [1.29, 1.82) is 0 Å². The van der Waals surface area contributed by atoms with E-state index in [0.29, 0.717) is 0 Å². The highest BCUT2D eigenvalue weighted by atomic mass is 16.9. The molecule has 0 aliphatic heterocycles. The maximum atomic E-state index is 9.31. The van der Waals surface area contributed by atoms with Gasteiger partial charge in [-0.3, -0.25) is 0 Å². The second kappa shape index (κ2) is 3.97. The van der Waals surface area contributed by atoms with Crippen molar-refractivity contribution in [3.63, 3.8) is 0 Å². The zero-order chi connectivity index (χ0) is 6.41. The summed E-state index contributed by atoms with van der Waals surface area (Å²) in [5, 5.41) is 10.7. The average molecular weight is 120 g/mol. The number of nitroso groups, excluding NO2 is 1. The van der Waals surface area contributed by atoms with Gasteiger partial charge < -0.3 is 4.84 Å². The van der Waals surface area contributed by atoms with Crippen LogP contribution >= 0.6 is 0 Å². The number of hydrogen-bond acceptors (Lipinski definition) is 5. The molecule has 0 aromatic rings. The van der Waals surface area contributed by atoms with Gasteiger partial charge in [0.25, 0.3) is 5.09 Å². The summed E-state index contributed by atoms with van der Waals surface area (Å²) in [7, 11) is 0. The summed E-state index contributed by atoms with van der Waals surface area (Å²) in [6.07, 6.45) is 0. The van der Waals surface area contributed by atoms with E-state index in [4.69, 9.17) is 0 Å². The van der Waals surface area contributed by atoms with E-state index in [0.717, 1.165) is 0 Å². The van der Waals surface area contributed by atoms with Crippen LogP contribution in [-0.2, 0) is 4.84 Å². The van der Waals surface area contributed by atoms with Gasteiger partial charge in [0.2, 0.25) is 0 Å². The molecule has 0 fully saturated rings. The van der Waals surface area contributed by atoms with Gasteiger partial charge in [0.05, 0.1) is 0 Å². The van der Waals surface area contributed by atoms with E-state index in [1.807, 2.05) is 0 Å². The Morgan fingerprint density at radius 1 is 1.75 bits per heavy atom. The van der Waals surface area contributed by atoms with E-state index in [1.54, 1.807) is 0 Å². The molecule has 0 saturated heterocycles. The third kappa shape index (κ3) is 4.80. The van der Waals surface area contributed by atoms with Gasteiger partial charge in [-0.15, -0.1) is 10.1 Å². The fourth-order valence-electron chi connectivity index (χ4n) is 0.153. The highest BCUT2D eigenvalue weighted by Gasteiger charge is 1.90. The highest BCUT2D eigenvalue weighted by molar-refractivity contribution is 4.32. The summed E-state index contributed by atoms with van der Waals surface area (Å²) >= 11 is 0. The van der Waals surface area contributed by atoms with Gasteiger partial charge in [-0.25, -0.2) is 0 Å². The van der Waals surface area contributed by atoms with Crippen LogP contribution in [0.1, 0.15) is 0 Å². The van der Waals surface area contributed by atoms with E-state index in [1.165, 1.54) is 0 Å². The molecule has 8 heavy (non-hydrogen) atoms. The first-order chi connectivity index (χ1) is 3.77. The first-order valence-corrected chi connectivity index (χ1v) is 1.84. The lowest BCUT2D eigenvalue weighted by Crippen LogP contribution is -2.03. The molecular weight excluding hydrogens is 116 g/mol. The summed E-state index contributed by atoms with van der Waals surface area (Å²) in [5.41, 5.74) is 0. The first kappa shape index (κ1) is 6.80. The molecule has 0 N–H and O–H groups in total. The monoisotopic (exact) mass is 120 g/mol. The Bertz CT molecular complexity index is 92.0. The van der Waals surface area contributed by atoms with E-state index in [-0.39, 0.29) is 13.2 Å². The van der Waals surface area contributed by atoms with Crippen LogP contribution < -0.4 is 0 Å². The van der Waals surface area contributed by atoms with Crippen LogP contribution in [0.3, 0.4) is 0 Å². The summed E-state index contributed by atoms with van der Waals surface area (Å²) in [6.45, 7) is -0.433. The number of nitrogens with zero attached hydrogens (tertiary/aromatic N) is 2. The van der Waals surface area contributed by atoms with Crippen LogP contribution in [0, 0.1) is 15.0 Å². The quantitative estimate of drug-likeness (QED) is 0.225. The summed E-state index contributed by atoms with van der Waals surface area (Å²) in [6, 6.07) is 0. The van der Waals surface area contributed by atoms with Crippen molar-refractivity contribution in [2.45, 2.75) is 0 Å². The summed E-state index contributed by atoms with van der Waals surface area (Å²) in [4.78, 5) is 22.3. The van der Waals surface area contributed by atoms with Gasteiger partial charge in [-0.2, -0.15) is 4.91 Å². The largest absolute Gasteiger partial charge is 0.312 e. The minimum absolute atomic E-state index is 0.180. The maximum absolute atomic E-state index is 9.31. The Labute approximate surface area is 44.5 Å². The summed E-state index contributed by atoms with van der Waals surface area (Å²) in [5.74, 6) is 0. The molecule has 0 amide bonds. The van der Waals surface area contributed by atoms with Crippen LogP contribution in [0.15, 0.2) is 5.18 Å². The fourth-order valence-corrected chi connectivity index (χ4v) is 0.153. The van der Waals surface area contributed by atoms with Crippen LogP contribution in [0.4, 0.5) is 0 Å². The molecule has 0 saturated carbocycles. The topological polar surface area (TPSA) is 81.8 Å². The molecular formula is C2H4N2O4. The van der Waals surface area contributed by atoms with Crippen molar-refractivity contribution in [3.8, 4) is 0 Å². The maximum Gasteiger partial charge on any atom is 0.294 e. The van der Waals surface area contributed by atoms with Crippen molar-refractivity contribution >= 4 is 0 Å². The van der Waals surface area contributed by atoms with Crippen molar-refractivity contribution in [2.75, 3.05) is 13.2 Å². The number of hydrogen-bond donors (Lipinski definition) is 0. The predicted octanol–water partition coefficient (Wildman–Crippen LogP) is -0.0389. The summed E-state index contributed by atoms with van der Waals surface area (Å²) < 4.78 is 0.